The number of pyridine rings is 5. The van der Waals surface area contributed by atoms with Crippen molar-refractivity contribution in [2.75, 3.05) is 0 Å². The van der Waals surface area contributed by atoms with E-state index in [4.69, 9.17) is 4.99 Å². The van der Waals surface area contributed by atoms with Crippen LogP contribution in [0.3, 0.4) is 0 Å². The van der Waals surface area contributed by atoms with E-state index in [1.165, 1.54) is 66.8 Å². The second kappa shape index (κ2) is 41.1. The molecule has 0 fully saturated rings. The number of benzene rings is 9. The summed E-state index contributed by atoms with van der Waals surface area (Å²) in [6.07, 6.45) is 17.9. The summed E-state index contributed by atoms with van der Waals surface area (Å²) < 4.78 is 0. The molecule has 0 atom stereocenters. The lowest BCUT2D eigenvalue weighted by Gasteiger charge is -2.24. The van der Waals surface area contributed by atoms with Gasteiger partial charge in [0.15, 0.2) is 0 Å². The Labute approximate surface area is 645 Å². The van der Waals surface area contributed by atoms with Gasteiger partial charge in [-0.1, -0.05) is 256 Å². The number of aromatic nitrogens is 5. The minimum Gasteiger partial charge on any atom is -0.255 e. The molecule has 0 aliphatic rings. The van der Waals surface area contributed by atoms with Gasteiger partial charge in [0.25, 0.3) is 0 Å². The van der Waals surface area contributed by atoms with E-state index >= 15 is 0 Å². The zero-order valence-corrected chi connectivity index (χ0v) is 64.3. The molecule has 0 aliphatic heterocycles. The van der Waals surface area contributed by atoms with Crippen molar-refractivity contribution in [3.63, 3.8) is 0 Å². The molecule has 5 aromatic heterocycles. The number of aryl methyl sites for hydroxylation is 3. The van der Waals surface area contributed by atoms with E-state index in [-0.39, 0.29) is 0 Å². The van der Waals surface area contributed by atoms with Crippen LogP contribution >= 0.6 is 0 Å². The predicted octanol–water partition coefficient (Wildman–Crippen LogP) is 26.2. The molecule has 14 aromatic rings. The van der Waals surface area contributed by atoms with Crippen LogP contribution in [0, 0.1) is 20.8 Å². The fourth-order valence-electron chi connectivity index (χ4n) is 12.2. The normalized spacial score (nSPS) is 11.2. The Bertz CT molecular complexity index is 5240. The van der Waals surface area contributed by atoms with Crippen molar-refractivity contribution in [3.8, 4) is 44.5 Å². The first-order chi connectivity index (χ1) is 53.1. The molecule has 109 heavy (non-hydrogen) atoms. The third-order valence-electron chi connectivity index (χ3n) is 17.7. The summed E-state index contributed by atoms with van der Waals surface area (Å²) in [6, 6.07) is 100. The Kier molecular flexibility index (Phi) is 29.7. The molecule has 0 radical (unpaired) electrons. The van der Waals surface area contributed by atoms with Crippen LogP contribution in [0.25, 0.3) is 44.5 Å². The van der Waals surface area contributed by atoms with E-state index in [1.54, 1.807) is 49.6 Å². The third kappa shape index (κ3) is 23.8. The van der Waals surface area contributed by atoms with Crippen molar-refractivity contribution >= 4 is 59.5 Å². The molecule has 0 bridgehead atoms. The van der Waals surface area contributed by atoms with Crippen molar-refractivity contribution < 1.29 is 0 Å². The first kappa shape index (κ1) is 78.7. The molecular formula is C99H96N10. The van der Waals surface area contributed by atoms with Crippen LogP contribution in [0.5, 0.6) is 0 Å². The number of hydrogen-bond donors (Lipinski definition) is 0. The maximum absolute atomic E-state index is 4.82. The number of rotatable bonds is 18. The molecule has 0 saturated carbocycles. The number of nitrogens with zero attached hydrogens (tertiary/aromatic N) is 10. The average Bonchev–Trinajstić information content (AvgIpc) is 0.772. The zero-order chi connectivity index (χ0) is 76.5. The summed E-state index contributed by atoms with van der Waals surface area (Å²) in [5.74, 6) is 1.86. The molecular weight excluding hydrogens is 1330 g/mol. The van der Waals surface area contributed by atoms with Gasteiger partial charge in [0, 0.05) is 53.2 Å². The Morgan fingerprint density at radius 1 is 0.248 bits per heavy atom. The van der Waals surface area contributed by atoms with E-state index in [9.17, 15) is 0 Å². The van der Waals surface area contributed by atoms with Crippen molar-refractivity contribution in [1.29, 1.82) is 0 Å². The standard InChI is InChI=1S/C27H32N2.C21H20N2.C19H16N2.C18H14N2.C14H14N2/c1-18(2)21-15-24(19(3)4)27(25(16-21)20(5)6)23-12-7-8-13-26(23)29-17-22-11-9-10-14-28-22;1-16(2)18-10-3-4-11-19(18)20-12-5-6-13-21(20)23-15-17-9-7-8-14-22-17;1-15-8-2-3-10-17(15)18-11-4-5-12-19(18)21-14-16-9-6-7-13-20-16;1-2-8-15(9-3-1)17-11-4-5-12-18(17)20-14-16-10-6-7-13-19-16;1-11-7-12(2)9-14(8-11)16-10-13-5-3-4-6-15-13/h7-20H,1-6H3;3-16H,1-2H3;2-14H,1H3;1-14H;3-10H,1-2H3. The van der Waals surface area contributed by atoms with Crippen molar-refractivity contribution in [1.82, 2.24) is 24.9 Å². The fraction of sp³-hybridized carbons (Fsp3) is 0.152. The molecule has 0 N–H and O–H groups in total. The van der Waals surface area contributed by atoms with Crippen LogP contribution < -0.4 is 0 Å². The van der Waals surface area contributed by atoms with E-state index in [2.05, 4.69) is 261 Å². The maximum atomic E-state index is 4.82. The van der Waals surface area contributed by atoms with E-state index in [0.29, 0.717) is 23.7 Å². The summed E-state index contributed by atoms with van der Waals surface area (Å²) >= 11 is 0. The lowest BCUT2D eigenvalue weighted by Crippen LogP contribution is -2.03. The quantitative estimate of drug-likeness (QED) is 0.0791. The SMILES string of the molecule is C(=Nc1ccccc1-c1ccccc1)c1ccccn1.CC(C)c1cc(C(C)C)c(-c2ccccc2N=Cc2ccccn2)c(C(C)C)c1.CC(C)c1ccccc1-c1ccccc1N=Cc1ccccn1.Cc1cc(C)cc(N=Cc2ccccn2)c1.Cc1ccccc1-c1ccccc1N=Cc1ccccn1. The van der Waals surface area contributed by atoms with E-state index in [1.807, 2.05) is 170 Å². The van der Waals surface area contributed by atoms with Crippen LogP contribution in [0.15, 0.2) is 353 Å². The Morgan fingerprint density at radius 3 is 0.945 bits per heavy atom. The molecule has 0 saturated heterocycles. The summed E-state index contributed by atoms with van der Waals surface area (Å²) in [7, 11) is 0. The lowest BCUT2D eigenvalue weighted by atomic mass is 9.81. The molecule has 10 heteroatoms. The maximum Gasteiger partial charge on any atom is 0.0812 e. The average molecular weight is 1430 g/mol. The van der Waals surface area contributed by atoms with Crippen molar-refractivity contribution in [3.05, 3.63) is 396 Å². The molecule has 542 valence electrons. The monoisotopic (exact) mass is 1420 g/mol. The van der Waals surface area contributed by atoms with Gasteiger partial charge in [0.05, 0.1) is 88.0 Å². The second-order valence-corrected chi connectivity index (χ2v) is 27.4. The molecule has 10 nitrogen and oxygen atoms in total. The van der Waals surface area contributed by atoms with Gasteiger partial charge in [-0.05, 0) is 203 Å². The largest absolute Gasteiger partial charge is 0.255 e. The highest BCUT2D eigenvalue weighted by Crippen LogP contribution is 2.43. The van der Waals surface area contributed by atoms with Crippen LogP contribution in [0.1, 0.15) is 146 Å². The number of aliphatic imine (C=N–C) groups is 5. The van der Waals surface area contributed by atoms with E-state index in [0.717, 1.165) is 73.6 Å². The summed E-state index contributed by atoms with van der Waals surface area (Å²) in [5.41, 5.74) is 28.0. The van der Waals surface area contributed by atoms with Gasteiger partial charge in [-0.2, -0.15) is 0 Å². The van der Waals surface area contributed by atoms with Crippen LogP contribution in [0.4, 0.5) is 28.4 Å². The van der Waals surface area contributed by atoms with Crippen LogP contribution in [-0.4, -0.2) is 56.0 Å². The number of hydrogen-bond acceptors (Lipinski definition) is 10. The first-order valence-electron chi connectivity index (χ1n) is 37.2. The van der Waals surface area contributed by atoms with Crippen molar-refractivity contribution in [2.24, 2.45) is 25.0 Å². The smallest absolute Gasteiger partial charge is 0.0812 e. The molecule has 0 unspecified atom stereocenters. The molecule has 9 aromatic carbocycles. The topological polar surface area (TPSA) is 126 Å². The highest BCUT2D eigenvalue weighted by Gasteiger charge is 2.21. The van der Waals surface area contributed by atoms with Crippen LogP contribution in [0.2, 0.25) is 0 Å². The third-order valence-corrected chi connectivity index (χ3v) is 17.7. The van der Waals surface area contributed by atoms with Crippen molar-refractivity contribution in [2.45, 2.75) is 99.8 Å². The Morgan fingerprint density at radius 2 is 0.560 bits per heavy atom. The predicted molar refractivity (Wildman–Crippen MR) is 462 cm³/mol. The minimum atomic E-state index is 0.439. The van der Waals surface area contributed by atoms with Gasteiger partial charge in [-0.15, -0.1) is 0 Å². The molecule has 14 rings (SSSR count). The molecule has 0 amide bonds. The van der Waals surface area contributed by atoms with E-state index < -0.39 is 0 Å². The molecule has 5 heterocycles. The van der Waals surface area contributed by atoms with Crippen LogP contribution in [-0.2, 0) is 0 Å². The lowest BCUT2D eigenvalue weighted by molar-refractivity contribution is 0.807. The summed E-state index contributed by atoms with van der Waals surface area (Å²) in [6.45, 7) is 24.4. The highest BCUT2D eigenvalue weighted by atomic mass is 14.8. The molecule has 0 aliphatic carbocycles. The van der Waals surface area contributed by atoms with Gasteiger partial charge in [-0.3, -0.25) is 49.9 Å². The fourth-order valence-corrected chi connectivity index (χ4v) is 12.2. The number of para-hydroxylation sites is 4. The summed E-state index contributed by atoms with van der Waals surface area (Å²) in [4.78, 5) is 44.4. The van der Waals surface area contributed by atoms with Gasteiger partial charge < -0.3 is 0 Å². The van der Waals surface area contributed by atoms with Gasteiger partial charge in [-0.25, -0.2) is 0 Å². The highest BCUT2D eigenvalue weighted by molar-refractivity contribution is 5.89. The van der Waals surface area contributed by atoms with Gasteiger partial charge in [0.2, 0.25) is 0 Å². The Hall–Kier alpha value is -12.9. The van der Waals surface area contributed by atoms with Gasteiger partial charge in [0.1, 0.15) is 0 Å². The first-order valence-corrected chi connectivity index (χ1v) is 37.2. The summed E-state index contributed by atoms with van der Waals surface area (Å²) in [5, 5.41) is 0. The second-order valence-electron chi connectivity index (χ2n) is 27.4. The minimum absolute atomic E-state index is 0.439. The van der Waals surface area contributed by atoms with Gasteiger partial charge >= 0.3 is 0 Å². The Balaban J connectivity index is 0.000000147. The zero-order valence-electron chi connectivity index (χ0n) is 64.3. The molecule has 0 spiro atoms.